The van der Waals surface area contributed by atoms with Gasteiger partial charge in [0.1, 0.15) is 0 Å². The quantitative estimate of drug-likeness (QED) is 0.711. The smallest absolute Gasteiger partial charge is 0.240 e. The standard InChI is InChI=1S/C11H22N2O2/c1-9(5-8-15-2)13-10(14)11(12)6-3-4-7-11/h9H,3-8,12H2,1-2H3,(H,13,14). The average molecular weight is 214 g/mol. The van der Waals surface area contributed by atoms with Crippen LogP contribution in [0.3, 0.4) is 0 Å². The fourth-order valence-electron chi connectivity index (χ4n) is 1.97. The summed E-state index contributed by atoms with van der Waals surface area (Å²) in [5.41, 5.74) is 5.43. The van der Waals surface area contributed by atoms with Gasteiger partial charge in [-0.15, -0.1) is 0 Å². The number of carbonyl (C=O) groups excluding carboxylic acids is 1. The third-order valence-electron chi connectivity index (χ3n) is 3.08. The SMILES string of the molecule is COCCC(C)NC(=O)C1(N)CCCC1. The molecule has 4 nitrogen and oxygen atoms in total. The maximum absolute atomic E-state index is 11.9. The Balaban J connectivity index is 2.34. The molecule has 0 aliphatic heterocycles. The number of nitrogens with two attached hydrogens (primary N) is 1. The molecule has 0 aromatic rings. The van der Waals surface area contributed by atoms with E-state index in [0.29, 0.717) is 6.61 Å². The van der Waals surface area contributed by atoms with E-state index in [9.17, 15) is 4.79 Å². The van der Waals surface area contributed by atoms with Crippen LogP contribution in [-0.2, 0) is 9.53 Å². The predicted octanol–water partition coefficient (Wildman–Crippen LogP) is 0.799. The van der Waals surface area contributed by atoms with Crippen molar-refractivity contribution in [2.45, 2.75) is 50.6 Å². The van der Waals surface area contributed by atoms with Crippen LogP contribution in [-0.4, -0.2) is 31.2 Å². The van der Waals surface area contributed by atoms with Gasteiger partial charge in [0.15, 0.2) is 0 Å². The van der Waals surface area contributed by atoms with E-state index in [1.54, 1.807) is 7.11 Å². The van der Waals surface area contributed by atoms with Gasteiger partial charge in [0.2, 0.25) is 5.91 Å². The molecule has 1 fully saturated rings. The van der Waals surface area contributed by atoms with Crippen LogP contribution >= 0.6 is 0 Å². The van der Waals surface area contributed by atoms with Gasteiger partial charge in [-0.05, 0) is 26.2 Å². The molecule has 0 radical (unpaired) electrons. The molecule has 0 bridgehead atoms. The highest BCUT2D eigenvalue weighted by atomic mass is 16.5. The fraction of sp³-hybridized carbons (Fsp3) is 0.909. The lowest BCUT2D eigenvalue weighted by atomic mass is 9.97. The monoisotopic (exact) mass is 214 g/mol. The summed E-state index contributed by atoms with van der Waals surface area (Å²) in [6, 6.07) is 0.137. The van der Waals surface area contributed by atoms with E-state index >= 15 is 0 Å². The number of hydrogen-bond donors (Lipinski definition) is 2. The molecule has 1 rings (SSSR count). The maximum Gasteiger partial charge on any atom is 0.240 e. The molecule has 1 aliphatic carbocycles. The van der Waals surface area contributed by atoms with Crippen molar-refractivity contribution in [3.8, 4) is 0 Å². The zero-order valence-corrected chi connectivity index (χ0v) is 9.71. The van der Waals surface area contributed by atoms with Gasteiger partial charge in [0.25, 0.3) is 0 Å². The van der Waals surface area contributed by atoms with E-state index in [0.717, 1.165) is 32.1 Å². The van der Waals surface area contributed by atoms with E-state index in [1.807, 2.05) is 6.92 Å². The van der Waals surface area contributed by atoms with Gasteiger partial charge in [-0.1, -0.05) is 12.8 Å². The maximum atomic E-state index is 11.9. The van der Waals surface area contributed by atoms with Crippen LogP contribution in [0.4, 0.5) is 0 Å². The third kappa shape index (κ3) is 3.47. The Kier molecular flexibility index (Phi) is 4.54. The summed E-state index contributed by atoms with van der Waals surface area (Å²) < 4.78 is 4.96. The van der Waals surface area contributed by atoms with Crippen LogP contribution in [0.25, 0.3) is 0 Å². The third-order valence-corrected chi connectivity index (χ3v) is 3.08. The molecule has 1 aliphatic rings. The van der Waals surface area contributed by atoms with Crippen molar-refractivity contribution in [1.82, 2.24) is 5.32 Å². The lowest BCUT2D eigenvalue weighted by Crippen LogP contribution is -2.54. The normalized spacial score (nSPS) is 21.3. The molecular formula is C11H22N2O2. The first kappa shape index (κ1) is 12.5. The fourth-order valence-corrected chi connectivity index (χ4v) is 1.97. The first-order chi connectivity index (χ1) is 7.08. The summed E-state index contributed by atoms with van der Waals surface area (Å²) in [5, 5.41) is 2.95. The predicted molar refractivity (Wildman–Crippen MR) is 59.5 cm³/mol. The van der Waals surface area contributed by atoms with Crippen molar-refractivity contribution < 1.29 is 9.53 Å². The molecule has 0 saturated heterocycles. The molecule has 1 saturated carbocycles. The highest BCUT2D eigenvalue weighted by Gasteiger charge is 2.37. The van der Waals surface area contributed by atoms with Crippen LogP contribution in [0.15, 0.2) is 0 Å². The van der Waals surface area contributed by atoms with Gasteiger partial charge in [-0.3, -0.25) is 4.79 Å². The lowest BCUT2D eigenvalue weighted by molar-refractivity contribution is -0.126. The number of amides is 1. The molecule has 0 spiro atoms. The average Bonchev–Trinajstić information content (AvgIpc) is 2.63. The first-order valence-electron chi connectivity index (χ1n) is 5.67. The molecule has 15 heavy (non-hydrogen) atoms. The molecule has 1 amide bonds. The Morgan fingerprint density at radius 2 is 2.13 bits per heavy atom. The molecule has 4 heteroatoms. The van der Waals surface area contributed by atoms with E-state index in [-0.39, 0.29) is 11.9 Å². The second-order valence-corrected chi connectivity index (χ2v) is 4.52. The van der Waals surface area contributed by atoms with Gasteiger partial charge in [-0.2, -0.15) is 0 Å². The lowest BCUT2D eigenvalue weighted by Gasteiger charge is -2.25. The number of carbonyl (C=O) groups is 1. The van der Waals surface area contributed by atoms with Crippen molar-refractivity contribution in [3.05, 3.63) is 0 Å². The summed E-state index contributed by atoms with van der Waals surface area (Å²) in [4.78, 5) is 11.9. The second-order valence-electron chi connectivity index (χ2n) is 4.52. The summed E-state index contributed by atoms with van der Waals surface area (Å²) in [5.74, 6) is 0.00334. The number of methoxy groups -OCH3 is 1. The molecular weight excluding hydrogens is 192 g/mol. The zero-order chi connectivity index (χ0) is 11.3. The Bertz CT molecular complexity index is 213. The molecule has 3 N–H and O–H groups in total. The topological polar surface area (TPSA) is 64.3 Å². The summed E-state index contributed by atoms with van der Waals surface area (Å²) in [6.07, 6.45) is 4.59. The van der Waals surface area contributed by atoms with Gasteiger partial charge in [0.05, 0.1) is 5.54 Å². The molecule has 0 aromatic heterocycles. The first-order valence-corrected chi connectivity index (χ1v) is 5.67. The minimum Gasteiger partial charge on any atom is -0.385 e. The van der Waals surface area contributed by atoms with Crippen LogP contribution in [0.2, 0.25) is 0 Å². The van der Waals surface area contributed by atoms with Crippen LogP contribution in [0.5, 0.6) is 0 Å². The van der Waals surface area contributed by atoms with Crippen molar-refractivity contribution in [1.29, 1.82) is 0 Å². The van der Waals surface area contributed by atoms with Crippen molar-refractivity contribution in [3.63, 3.8) is 0 Å². The van der Waals surface area contributed by atoms with Crippen LogP contribution in [0, 0.1) is 0 Å². The van der Waals surface area contributed by atoms with Crippen LogP contribution < -0.4 is 11.1 Å². The number of ether oxygens (including phenoxy) is 1. The molecule has 0 heterocycles. The van der Waals surface area contributed by atoms with Crippen LogP contribution in [0.1, 0.15) is 39.0 Å². The molecule has 1 atom stereocenters. The number of nitrogens with one attached hydrogen (secondary N) is 1. The van der Waals surface area contributed by atoms with Gasteiger partial charge < -0.3 is 15.8 Å². The number of rotatable bonds is 5. The van der Waals surface area contributed by atoms with Gasteiger partial charge in [0, 0.05) is 19.8 Å². The largest absolute Gasteiger partial charge is 0.385 e. The summed E-state index contributed by atoms with van der Waals surface area (Å²) in [7, 11) is 1.66. The Morgan fingerprint density at radius 1 is 1.53 bits per heavy atom. The van der Waals surface area contributed by atoms with E-state index in [1.165, 1.54) is 0 Å². The summed E-state index contributed by atoms with van der Waals surface area (Å²) >= 11 is 0. The van der Waals surface area contributed by atoms with E-state index in [4.69, 9.17) is 10.5 Å². The van der Waals surface area contributed by atoms with Crippen molar-refractivity contribution >= 4 is 5.91 Å². The highest BCUT2D eigenvalue weighted by molar-refractivity contribution is 5.86. The van der Waals surface area contributed by atoms with Crippen molar-refractivity contribution in [2.75, 3.05) is 13.7 Å². The molecule has 1 unspecified atom stereocenters. The van der Waals surface area contributed by atoms with Gasteiger partial charge in [-0.25, -0.2) is 0 Å². The minimum atomic E-state index is -0.610. The zero-order valence-electron chi connectivity index (χ0n) is 9.71. The minimum absolute atomic E-state index is 0.00334. The molecule has 0 aromatic carbocycles. The second kappa shape index (κ2) is 5.47. The highest BCUT2D eigenvalue weighted by Crippen LogP contribution is 2.27. The van der Waals surface area contributed by atoms with Gasteiger partial charge >= 0.3 is 0 Å². The molecule has 88 valence electrons. The number of hydrogen-bond acceptors (Lipinski definition) is 3. The van der Waals surface area contributed by atoms with Crippen molar-refractivity contribution in [2.24, 2.45) is 5.73 Å². The van der Waals surface area contributed by atoms with E-state index in [2.05, 4.69) is 5.32 Å². The Labute approximate surface area is 91.5 Å². The van der Waals surface area contributed by atoms with E-state index < -0.39 is 5.54 Å². The Hall–Kier alpha value is -0.610. The Morgan fingerprint density at radius 3 is 2.67 bits per heavy atom. The summed E-state index contributed by atoms with van der Waals surface area (Å²) in [6.45, 7) is 2.65.